The van der Waals surface area contributed by atoms with Crippen LogP contribution in [0.5, 0.6) is 0 Å². The summed E-state index contributed by atoms with van der Waals surface area (Å²) in [7, 11) is 2.00. The molecule has 0 radical (unpaired) electrons. The van der Waals surface area contributed by atoms with Gasteiger partial charge in [-0.2, -0.15) is 0 Å². The number of nitrogens with zero attached hydrogens (tertiary/aromatic N) is 1. The number of para-hydroxylation sites is 1. The molecule has 2 unspecified atom stereocenters. The van der Waals surface area contributed by atoms with Gasteiger partial charge in [0.2, 0.25) is 5.91 Å². The summed E-state index contributed by atoms with van der Waals surface area (Å²) in [5.41, 5.74) is 2.24. The van der Waals surface area contributed by atoms with Crippen molar-refractivity contribution >= 4 is 11.6 Å². The van der Waals surface area contributed by atoms with Crippen LogP contribution in [0.3, 0.4) is 0 Å². The Morgan fingerprint density at radius 1 is 1.32 bits per heavy atom. The summed E-state index contributed by atoms with van der Waals surface area (Å²) in [6.07, 6.45) is 3.02. The van der Waals surface area contributed by atoms with E-state index in [1.807, 2.05) is 25.2 Å². The number of anilines is 1. The Morgan fingerprint density at radius 2 is 2.16 bits per heavy atom. The largest absolute Gasteiger partial charge is 0.324 e. The number of hydrogen-bond donors (Lipinski definition) is 2. The molecule has 0 aromatic heterocycles. The molecule has 1 aromatic carbocycles. The van der Waals surface area contributed by atoms with Gasteiger partial charge in [-0.15, -0.1) is 0 Å². The highest BCUT2D eigenvalue weighted by atomic mass is 16.2. The van der Waals surface area contributed by atoms with E-state index in [0.29, 0.717) is 6.04 Å². The van der Waals surface area contributed by atoms with Gasteiger partial charge in [-0.3, -0.25) is 9.69 Å². The fraction of sp³-hybridized carbons (Fsp3) is 0.533. The summed E-state index contributed by atoms with van der Waals surface area (Å²) in [6, 6.07) is 8.67. The second kappa shape index (κ2) is 5.31. The quantitative estimate of drug-likeness (QED) is 0.840. The van der Waals surface area contributed by atoms with Crippen LogP contribution in [0, 0.1) is 0 Å². The number of fused-ring (bicyclic) bond motifs is 1. The Morgan fingerprint density at radius 3 is 2.95 bits per heavy atom. The average Bonchev–Trinajstić information content (AvgIpc) is 2.83. The van der Waals surface area contributed by atoms with Crippen molar-refractivity contribution in [3.05, 3.63) is 29.8 Å². The summed E-state index contributed by atoms with van der Waals surface area (Å²) < 4.78 is 0. The number of likely N-dealkylation sites (tertiary alicyclic amines) is 1. The van der Waals surface area contributed by atoms with E-state index in [0.717, 1.165) is 38.0 Å². The van der Waals surface area contributed by atoms with Gasteiger partial charge < -0.3 is 10.6 Å². The molecule has 0 bridgehead atoms. The lowest BCUT2D eigenvalue weighted by molar-refractivity contribution is -0.121. The Bertz CT molecular complexity index is 474. The molecule has 2 atom stereocenters. The molecule has 1 fully saturated rings. The number of carbonyl (C=O) groups is 1. The maximum atomic E-state index is 12.4. The van der Waals surface area contributed by atoms with Gasteiger partial charge in [-0.1, -0.05) is 18.2 Å². The van der Waals surface area contributed by atoms with Crippen molar-refractivity contribution in [2.24, 2.45) is 0 Å². The highest BCUT2D eigenvalue weighted by Gasteiger charge is 2.33. The van der Waals surface area contributed by atoms with Gasteiger partial charge in [-0.05, 0) is 37.9 Å². The summed E-state index contributed by atoms with van der Waals surface area (Å²) in [5, 5.41) is 6.39. The monoisotopic (exact) mass is 259 g/mol. The van der Waals surface area contributed by atoms with E-state index in [1.165, 1.54) is 5.56 Å². The standard InChI is InChI=1S/C15H21N3O/c1-16-12-8-9-18(10-12)14-7-6-11-4-2-3-5-13(11)17-15(14)19/h2-5,12,14,16H,6-10H2,1H3,(H,17,19). The molecule has 2 aliphatic heterocycles. The van der Waals surface area contributed by atoms with Crippen molar-refractivity contribution in [1.29, 1.82) is 0 Å². The summed E-state index contributed by atoms with van der Waals surface area (Å²) in [5.74, 6) is 0.154. The minimum atomic E-state index is 0.0192. The van der Waals surface area contributed by atoms with Crippen LogP contribution in [0.2, 0.25) is 0 Å². The van der Waals surface area contributed by atoms with E-state index in [1.54, 1.807) is 0 Å². The molecule has 0 aliphatic carbocycles. The zero-order valence-corrected chi connectivity index (χ0v) is 11.4. The molecule has 19 heavy (non-hydrogen) atoms. The molecule has 0 saturated carbocycles. The minimum Gasteiger partial charge on any atom is -0.324 e. The number of benzene rings is 1. The van der Waals surface area contributed by atoms with E-state index in [4.69, 9.17) is 0 Å². The predicted molar refractivity (Wildman–Crippen MR) is 76.2 cm³/mol. The van der Waals surface area contributed by atoms with Gasteiger partial charge in [0.25, 0.3) is 0 Å². The van der Waals surface area contributed by atoms with Crippen molar-refractivity contribution in [3.8, 4) is 0 Å². The molecule has 102 valence electrons. The van der Waals surface area contributed by atoms with E-state index in [-0.39, 0.29) is 11.9 Å². The van der Waals surface area contributed by atoms with E-state index >= 15 is 0 Å². The first-order valence-electron chi connectivity index (χ1n) is 7.08. The van der Waals surface area contributed by atoms with E-state index in [2.05, 4.69) is 21.6 Å². The number of hydrogen-bond acceptors (Lipinski definition) is 3. The van der Waals surface area contributed by atoms with Gasteiger partial charge in [0.1, 0.15) is 0 Å². The number of nitrogens with one attached hydrogen (secondary N) is 2. The molecule has 2 N–H and O–H groups in total. The second-order valence-electron chi connectivity index (χ2n) is 5.47. The van der Waals surface area contributed by atoms with E-state index < -0.39 is 0 Å². The number of carbonyl (C=O) groups excluding carboxylic acids is 1. The van der Waals surface area contributed by atoms with Gasteiger partial charge >= 0.3 is 0 Å². The number of rotatable bonds is 2. The Kier molecular flexibility index (Phi) is 3.53. The second-order valence-corrected chi connectivity index (χ2v) is 5.47. The highest BCUT2D eigenvalue weighted by Crippen LogP contribution is 2.25. The highest BCUT2D eigenvalue weighted by molar-refractivity contribution is 5.96. The molecule has 4 heteroatoms. The lowest BCUT2D eigenvalue weighted by atomic mass is 10.1. The van der Waals surface area contributed by atoms with E-state index in [9.17, 15) is 4.79 Å². The molecular formula is C15H21N3O. The van der Waals surface area contributed by atoms with Gasteiger partial charge in [0.15, 0.2) is 0 Å². The maximum absolute atomic E-state index is 12.4. The molecule has 4 nitrogen and oxygen atoms in total. The molecule has 1 saturated heterocycles. The van der Waals surface area contributed by atoms with Gasteiger partial charge in [0, 0.05) is 24.8 Å². The van der Waals surface area contributed by atoms with Crippen LogP contribution in [-0.4, -0.2) is 43.0 Å². The number of amides is 1. The average molecular weight is 259 g/mol. The zero-order valence-electron chi connectivity index (χ0n) is 11.4. The Labute approximate surface area is 114 Å². The van der Waals surface area contributed by atoms with Crippen LogP contribution >= 0.6 is 0 Å². The first kappa shape index (κ1) is 12.6. The van der Waals surface area contributed by atoms with Crippen molar-refractivity contribution in [3.63, 3.8) is 0 Å². The first-order valence-corrected chi connectivity index (χ1v) is 7.08. The SMILES string of the molecule is CNC1CCN(C2CCc3ccccc3NC2=O)C1. The first-order chi connectivity index (χ1) is 9.28. The molecule has 0 spiro atoms. The predicted octanol–water partition coefficient (Wildman–Crippen LogP) is 1.23. The zero-order chi connectivity index (χ0) is 13.2. The lowest BCUT2D eigenvalue weighted by Crippen LogP contribution is -2.43. The Hall–Kier alpha value is -1.39. The van der Waals surface area contributed by atoms with Crippen LogP contribution < -0.4 is 10.6 Å². The molecule has 1 aromatic rings. The van der Waals surface area contributed by atoms with Crippen LogP contribution in [0.15, 0.2) is 24.3 Å². The molecule has 2 heterocycles. The summed E-state index contributed by atoms with van der Waals surface area (Å²) in [4.78, 5) is 14.7. The van der Waals surface area contributed by atoms with Crippen molar-refractivity contribution in [2.75, 3.05) is 25.5 Å². The van der Waals surface area contributed by atoms with Crippen molar-refractivity contribution in [1.82, 2.24) is 10.2 Å². The fourth-order valence-electron chi connectivity index (χ4n) is 3.15. The van der Waals surface area contributed by atoms with Crippen LogP contribution in [0.4, 0.5) is 5.69 Å². The molecule has 1 amide bonds. The van der Waals surface area contributed by atoms with Crippen LogP contribution in [0.25, 0.3) is 0 Å². The summed E-state index contributed by atoms with van der Waals surface area (Å²) in [6.45, 7) is 1.99. The Balaban J connectivity index is 1.74. The smallest absolute Gasteiger partial charge is 0.241 e. The topological polar surface area (TPSA) is 44.4 Å². The minimum absolute atomic E-state index is 0.0192. The third-order valence-corrected chi connectivity index (χ3v) is 4.33. The maximum Gasteiger partial charge on any atom is 0.241 e. The van der Waals surface area contributed by atoms with Crippen LogP contribution in [-0.2, 0) is 11.2 Å². The number of likely N-dealkylation sites (N-methyl/N-ethyl adjacent to an activating group) is 1. The van der Waals surface area contributed by atoms with Gasteiger partial charge in [-0.25, -0.2) is 0 Å². The lowest BCUT2D eigenvalue weighted by Gasteiger charge is -2.25. The van der Waals surface area contributed by atoms with Crippen LogP contribution in [0.1, 0.15) is 18.4 Å². The molecule has 3 rings (SSSR count). The van der Waals surface area contributed by atoms with Crippen molar-refractivity contribution < 1.29 is 4.79 Å². The molecular weight excluding hydrogens is 238 g/mol. The third kappa shape index (κ3) is 2.51. The third-order valence-electron chi connectivity index (χ3n) is 4.33. The fourth-order valence-corrected chi connectivity index (χ4v) is 3.15. The molecule has 2 aliphatic rings. The number of aryl methyl sites for hydroxylation is 1. The van der Waals surface area contributed by atoms with Gasteiger partial charge in [0.05, 0.1) is 6.04 Å². The van der Waals surface area contributed by atoms with Crippen molar-refractivity contribution in [2.45, 2.75) is 31.3 Å². The normalized spacial score (nSPS) is 27.7. The summed E-state index contributed by atoms with van der Waals surface area (Å²) >= 11 is 0.